The van der Waals surface area contributed by atoms with E-state index >= 15 is 0 Å². The minimum Gasteiger partial charge on any atom is -0.360 e. The molecule has 0 unspecified atom stereocenters. The number of nitrogens with one attached hydrogen (secondary N) is 1. The fourth-order valence-corrected chi connectivity index (χ4v) is 1.96. The van der Waals surface area contributed by atoms with Crippen molar-refractivity contribution in [3.8, 4) is 0 Å². The van der Waals surface area contributed by atoms with Crippen LogP contribution >= 0.6 is 0 Å². The Bertz CT molecular complexity index is 362. The van der Waals surface area contributed by atoms with Gasteiger partial charge >= 0.3 is 0 Å². The van der Waals surface area contributed by atoms with Crippen molar-refractivity contribution in [2.24, 2.45) is 0 Å². The van der Waals surface area contributed by atoms with Crippen molar-refractivity contribution >= 4 is 11.6 Å². The minimum atomic E-state index is 0.118. The number of anilines is 1. The summed E-state index contributed by atoms with van der Waals surface area (Å²) in [5.74, 6) is 0.118. The molecule has 1 fully saturated rings. The van der Waals surface area contributed by atoms with Crippen LogP contribution in [-0.4, -0.2) is 25.5 Å². The van der Waals surface area contributed by atoms with Gasteiger partial charge in [-0.1, -0.05) is 25.1 Å². The lowest BCUT2D eigenvalue weighted by Crippen LogP contribution is -2.48. The molecular weight excluding hydrogens is 188 g/mol. The number of hydrogen-bond donors (Lipinski definition) is 1. The highest BCUT2D eigenvalue weighted by atomic mass is 16.2. The molecule has 0 radical (unpaired) electrons. The molecule has 15 heavy (non-hydrogen) atoms. The molecule has 3 heteroatoms. The maximum atomic E-state index is 11.3. The quantitative estimate of drug-likeness (QED) is 0.784. The van der Waals surface area contributed by atoms with Crippen molar-refractivity contribution in [2.75, 3.05) is 24.5 Å². The van der Waals surface area contributed by atoms with E-state index in [1.54, 1.807) is 0 Å². The van der Waals surface area contributed by atoms with Crippen LogP contribution in [-0.2, 0) is 11.2 Å². The molecule has 1 aliphatic heterocycles. The summed E-state index contributed by atoms with van der Waals surface area (Å²) in [4.78, 5) is 13.4. The number of nitrogens with zero attached hydrogens (tertiary/aromatic N) is 1. The van der Waals surface area contributed by atoms with E-state index in [-0.39, 0.29) is 5.91 Å². The molecule has 2 rings (SSSR count). The Morgan fingerprint density at radius 1 is 1.40 bits per heavy atom. The number of carbonyl (C=O) groups is 1. The average molecular weight is 204 g/mol. The van der Waals surface area contributed by atoms with E-state index in [0.29, 0.717) is 6.54 Å². The van der Waals surface area contributed by atoms with Crippen LogP contribution in [0.3, 0.4) is 0 Å². The van der Waals surface area contributed by atoms with Crippen molar-refractivity contribution in [2.45, 2.75) is 13.3 Å². The molecule has 80 valence electrons. The molecule has 1 heterocycles. The zero-order chi connectivity index (χ0) is 10.7. The summed E-state index contributed by atoms with van der Waals surface area (Å²) in [7, 11) is 0. The average Bonchev–Trinajstić information content (AvgIpc) is 2.29. The Kier molecular flexibility index (Phi) is 2.90. The first-order valence-electron chi connectivity index (χ1n) is 5.41. The summed E-state index contributed by atoms with van der Waals surface area (Å²) in [6, 6.07) is 8.30. The first kappa shape index (κ1) is 10.0. The van der Waals surface area contributed by atoms with Crippen LogP contribution in [0.4, 0.5) is 5.69 Å². The molecule has 1 aromatic rings. The normalized spacial score (nSPS) is 16.3. The molecule has 0 aliphatic carbocycles. The van der Waals surface area contributed by atoms with Gasteiger partial charge in [-0.25, -0.2) is 0 Å². The lowest BCUT2D eigenvalue weighted by atomic mass is 10.1. The van der Waals surface area contributed by atoms with Crippen LogP contribution in [0, 0.1) is 0 Å². The van der Waals surface area contributed by atoms with Gasteiger partial charge < -0.3 is 10.2 Å². The summed E-state index contributed by atoms with van der Waals surface area (Å²) in [5.41, 5.74) is 2.52. The molecule has 0 bridgehead atoms. The molecule has 0 saturated carbocycles. The van der Waals surface area contributed by atoms with Crippen LogP contribution < -0.4 is 10.2 Å². The van der Waals surface area contributed by atoms with Gasteiger partial charge in [0.1, 0.15) is 0 Å². The first-order chi connectivity index (χ1) is 7.31. The Balaban J connectivity index is 2.24. The molecule has 1 N–H and O–H groups in total. The Morgan fingerprint density at radius 3 is 2.93 bits per heavy atom. The van der Waals surface area contributed by atoms with Crippen LogP contribution in [0.2, 0.25) is 0 Å². The fraction of sp³-hybridized carbons (Fsp3) is 0.417. The second kappa shape index (κ2) is 4.34. The summed E-state index contributed by atoms with van der Waals surface area (Å²) in [5, 5.41) is 2.84. The van der Waals surface area contributed by atoms with Gasteiger partial charge in [-0.2, -0.15) is 0 Å². The van der Waals surface area contributed by atoms with Crippen molar-refractivity contribution in [1.82, 2.24) is 5.32 Å². The van der Waals surface area contributed by atoms with Gasteiger partial charge in [0.2, 0.25) is 5.91 Å². The SMILES string of the molecule is CCc1ccccc1N1CCNC(=O)C1. The van der Waals surface area contributed by atoms with E-state index in [9.17, 15) is 4.79 Å². The first-order valence-corrected chi connectivity index (χ1v) is 5.41. The maximum absolute atomic E-state index is 11.3. The van der Waals surface area contributed by atoms with Crippen LogP contribution in [0.1, 0.15) is 12.5 Å². The molecule has 3 nitrogen and oxygen atoms in total. The van der Waals surface area contributed by atoms with Gasteiger partial charge in [0.05, 0.1) is 6.54 Å². The van der Waals surface area contributed by atoms with Gasteiger partial charge in [0, 0.05) is 18.8 Å². The van der Waals surface area contributed by atoms with E-state index in [4.69, 9.17) is 0 Å². The zero-order valence-corrected chi connectivity index (χ0v) is 8.99. The van der Waals surface area contributed by atoms with E-state index in [2.05, 4.69) is 29.3 Å². The number of para-hydroxylation sites is 1. The van der Waals surface area contributed by atoms with Gasteiger partial charge in [0.25, 0.3) is 0 Å². The number of carbonyl (C=O) groups excluding carboxylic acids is 1. The lowest BCUT2D eigenvalue weighted by molar-refractivity contribution is -0.120. The van der Waals surface area contributed by atoms with Crippen molar-refractivity contribution in [1.29, 1.82) is 0 Å². The Morgan fingerprint density at radius 2 is 2.20 bits per heavy atom. The zero-order valence-electron chi connectivity index (χ0n) is 8.99. The van der Waals surface area contributed by atoms with Crippen LogP contribution in [0.5, 0.6) is 0 Å². The number of hydrogen-bond acceptors (Lipinski definition) is 2. The molecule has 1 saturated heterocycles. The molecule has 1 amide bonds. The van der Waals surface area contributed by atoms with Crippen LogP contribution in [0.15, 0.2) is 24.3 Å². The highest BCUT2D eigenvalue weighted by molar-refractivity contribution is 5.82. The summed E-state index contributed by atoms with van der Waals surface area (Å²) in [6.07, 6.45) is 1.01. The topological polar surface area (TPSA) is 32.3 Å². The molecule has 0 atom stereocenters. The van der Waals surface area contributed by atoms with Gasteiger partial charge in [0.15, 0.2) is 0 Å². The number of aryl methyl sites for hydroxylation is 1. The third-order valence-corrected chi connectivity index (χ3v) is 2.75. The van der Waals surface area contributed by atoms with Gasteiger partial charge in [-0.05, 0) is 18.1 Å². The number of rotatable bonds is 2. The molecular formula is C12H16N2O. The highest BCUT2D eigenvalue weighted by Gasteiger charge is 2.17. The second-order valence-corrected chi connectivity index (χ2v) is 3.75. The molecule has 1 aromatic carbocycles. The summed E-state index contributed by atoms with van der Waals surface area (Å²) < 4.78 is 0. The van der Waals surface area contributed by atoms with E-state index < -0.39 is 0 Å². The fourth-order valence-electron chi connectivity index (χ4n) is 1.96. The third kappa shape index (κ3) is 2.12. The lowest BCUT2D eigenvalue weighted by Gasteiger charge is -2.30. The molecule has 0 aromatic heterocycles. The predicted molar refractivity (Wildman–Crippen MR) is 61.0 cm³/mol. The third-order valence-electron chi connectivity index (χ3n) is 2.75. The van der Waals surface area contributed by atoms with Gasteiger partial charge in [-0.15, -0.1) is 0 Å². The summed E-state index contributed by atoms with van der Waals surface area (Å²) in [6.45, 7) is 4.28. The van der Waals surface area contributed by atoms with E-state index in [1.807, 2.05) is 12.1 Å². The van der Waals surface area contributed by atoms with Gasteiger partial charge in [-0.3, -0.25) is 4.79 Å². The predicted octanol–water partition coefficient (Wildman–Crippen LogP) is 1.19. The number of piperazine rings is 1. The maximum Gasteiger partial charge on any atom is 0.239 e. The van der Waals surface area contributed by atoms with Crippen molar-refractivity contribution in [3.63, 3.8) is 0 Å². The standard InChI is InChI=1S/C12H16N2O/c1-2-10-5-3-4-6-11(10)14-8-7-13-12(15)9-14/h3-6H,2,7-9H2,1H3,(H,13,15). The van der Waals surface area contributed by atoms with Crippen LogP contribution in [0.25, 0.3) is 0 Å². The monoisotopic (exact) mass is 204 g/mol. The Labute approximate surface area is 90.1 Å². The molecule has 1 aliphatic rings. The largest absolute Gasteiger partial charge is 0.360 e. The number of amides is 1. The highest BCUT2D eigenvalue weighted by Crippen LogP contribution is 2.21. The number of benzene rings is 1. The van der Waals surface area contributed by atoms with E-state index in [1.165, 1.54) is 11.3 Å². The second-order valence-electron chi connectivity index (χ2n) is 3.75. The summed E-state index contributed by atoms with van der Waals surface area (Å²) >= 11 is 0. The smallest absolute Gasteiger partial charge is 0.239 e. The molecule has 0 spiro atoms. The minimum absolute atomic E-state index is 0.118. The van der Waals surface area contributed by atoms with E-state index in [0.717, 1.165) is 19.5 Å². The van der Waals surface area contributed by atoms with Crippen molar-refractivity contribution in [3.05, 3.63) is 29.8 Å². The Hall–Kier alpha value is -1.51. The van der Waals surface area contributed by atoms with Crippen molar-refractivity contribution < 1.29 is 4.79 Å².